The minimum Gasteiger partial charge on any atom is -0.480 e. The van der Waals surface area contributed by atoms with Gasteiger partial charge in [0.1, 0.15) is 11.6 Å². The maximum absolute atomic E-state index is 13.1. The summed E-state index contributed by atoms with van der Waals surface area (Å²) in [6.07, 6.45) is 1.55. The molecule has 1 aliphatic rings. The number of aliphatic imine (C=N–C) groups is 1. The molecule has 2 aromatic rings. The van der Waals surface area contributed by atoms with Crippen LogP contribution < -0.4 is 4.74 Å². The molecule has 0 amide bonds. The molecule has 2 aromatic carbocycles. The van der Waals surface area contributed by atoms with Crippen LogP contribution in [0.3, 0.4) is 0 Å². The van der Waals surface area contributed by atoms with Crippen molar-refractivity contribution >= 4 is 55.8 Å². The molecular weight excluding hydrogens is 513 g/mol. The Balaban J connectivity index is 1.81. The number of hydrogen-bond donors (Lipinski definition) is 0. The molecule has 0 saturated carbocycles. The number of carbonyl (C=O) groups is 2. The van der Waals surface area contributed by atoms with Gasteiger partial charge in [-0.2, -0.15) is 0 Å². The van der Waals surface area contributed by atoms with Gasteiger partial charge >= 0.3 is 11.9 Å². The normalized spacial score (nSPS) is 14.6. The van der Waals surface area contributed by atoms with Crippen molar-refractivity contribution in [2.24, 2.45) is 4.99 Å². The standard InChI is InChI=1S/C20H14Br2FNO5/c1-2-27-17(25)10-28-18-14(21)7-11(8-15(18)22)9-16-20(26)29-19(24-16)12-3-5-13(23)6-4-12/h3-9H,2,10H2,1H3/b16-9-. The summed E-state index contributed by atoms with van der Waals surface area (Å²) < 4.78 is 29.7. The van der Waals surface area contributed by atoms with Gasteiger partial charge in [0.05, 0.1) is 15.6 Å². The quantitative estimate of drug-likeness (QED) is 0.405. The zero-order chi connectivity index (χ0) is 21.0. The highest BCUT2D eigenvalue weighted by Gasteiger charge is 2.24. The molecule has 0 aromatic heterocycles. The summed E-state index contributed by atoms with van der Waals surface area (Å²) in [6, 6.07) is 8.89. The molecule has 6 nitrogen and oxygen atoms in total. The van der Waals surface area contributed by atoms with E-state index in [0.717, 1.165) is 0 Å². The van der Waals surface area contributed by atoms with Crippen molar-refractivity contribution in [3.63, 3.8) is 0 Å². The first kappa shape index (κ1) is 21.2. The molecule has 0 bridgehead atoms. The lowest BCUT2D eigenvalue weighted by Gasteiger charge is -2.10. The predicted molar refractivity (Wildman–Crippen MR) is 111 cm³/mol. The summed E-state index contributed by atoms with van der Waals surface area (Å²) in [7, 11) is 0. The number of carbonyl (C=O) groups excluding carboxylic acids is 2. The number of rotatable bonds is 6. The topological polar surface area (TPSA) is 74.2 Å². The molecule has 0 aliphatic carbocycles. The number of hydrogen-bond acceptors (Lipinski definition) is 6. The van der Waals surface area contributed by atoms with Gasteiger partial charge in [0.25, 0.3) is 0 Å². The Morgan fingerprint density at radius 3 is 2.48 bits per heavy atom. The minimum atomic E-state index is -0.612. The fourth-order valence-electron chi connectivity index (χ4n) is 2.42. The number of cyclic esters (lactones) is 1. The third-order valence-electron chi connectivity index (χ3n) is 3.68. The first-order valence-corrected chi connectivity index (χ1v) is 10.0. The van der Waals surface area contributed by atoms with Gasteiger partial charge in [-0.1, -0.05) is 0 Å². The smallest absolute Gasteiger partial charge is 0.363 e. The Morgan fingerprint density at radius 2 is 1.86 bits per heavy atom. The van der Waals surface area contributed by atoms with Crippen molar-refractivity contribution in [1.82, 2.24) is 0 Å². The second-order valence-corrected chi connectivity index (χ2v) is 7.46. The van der Waals surface area contributed by atoms with Crippen LogP contribution in [0.2, 0.25) is 0 Å². The predicted octanol–water partition coefficient (Wildman–Crippen LogP) is 4.64. The Hall–Kier alpha value is -2.52. The first-order valence-electron chi connectivity index (χ1n) is 8.43. The number of halogens is 3. The molecule has 0 radical (unpaired) electrons. The van der Waals surface area contributed by atoms with Gasteiger partial charge in [-0.15, -0.1) is 0 Å². The van der Waals surface area contributed by atoms with E-state index in [1.54, 1.807) is 25.1 Å². The lowest BCUT2D eigenvalue weighted by molar-refractivity contribution is -0.145. The van der Waals surface area contributed by atoms with Gasteiger partial charge in [0.15, 0.2) is 12.3 Å². The Kier molecular flexibility index (Phi) is 6.81. The van der Waals surface area contributed by atoms with Crippen molar-refractivity contribution in [3.8, 4) is 5.75 Å². The maximum Gasteiger partial charge on any atom is 0.363 e. The van der Waals surface area contributed by atoms with Crippen molar-refractivity contribution < 1.29 is 28.2 Å². The largest absolute Gasteiger partial charge is 0.480 e. The molecule has 1 aliphatic heterocycles. The highest BCUT2D eigenvalue weighted by Crippen LogP contribution is 2.35. The molecule has 29 heavy (non-hydrogen) atoms. The lowest BCUT2D eigenvalue weighted by Crippen LogP contribution is -2.15. The summed E-state index contributed by atoms with van der Waals surface area (Å²) >= 11 is 6.77. The fraction of sp³-hybridized carbons (Fsp3) is 0.150. The Bertz CT molecular complexity index is 995. The van der Waals surface area contributed by atoms with Crippen LogP contribution >= 0.6 is 31.9 Å². The van der Waals surface area contributed by atoms with Crippen LogP contribution in [-0.4, -0.2) is 31.1 Å². The summed E-state index contributed by atoms with van der Waals surface area (Å²) in [6.45, 7) is 1.75. The second-order valence-electron chi connectivity index (χ2n) is 5.75. The van der Waals surface area contributed by atoms with Crippen LogP contribution in [0.25, 0.3) is 6.08 Å². The van der Waals surface area contributed by atoms with Crippen molar-refractivity contribution in [1.29, 1.82) is 0 Å². The zero-order valence-electron chi connectivity index (χ0n) is 15.1. The van der Waals surface area contributed by atoms with E-state index in [4.69, 9.17) is 14.2 Å². The molecule has 0 unspecified atom stereocenters. The van der Waals surface area contributed by atoms with Crippen molar-refractivity contribution in [3.05, 3.63) is 68.0 Å². The van der Waals surface area contributed by atoms with E-state index < -0.39 is 17.8 Å². The van der Waals surface area contributed by atoms with Crippen LogP contribution in [0.4, 0.5) is 4.39 Å². The van der Waals surface area contributed by atoms with E-state index in [0.29, 0.717) is 25.8 Å². The summed E-state index contributed by atoms with van der Waals surface area (Å²) in [5.41, 5.74) is 1.24. The van der Waals surface area contributed by atoms with E-state index in [-0.39, 0.29) is 24.8 Å². The highest BCUT2D eigenvalue weighted by molar-refractivity contribution is 9.11. The van der Waals surface area contributed by atoms with E-state index in [1.807, 2.05) is 0 Å². The monoisotopic (exact) mass is 525 g/mol. The van der Waals surface area contributed by atoms with E-state index in [9.17, 15) is 14.0 Å². The van der Waals surface area contributed by atoms with E-state index in [1.165, 1.54) is 24.3 Å². The number of nitrogens with zero attached hydrogens (tertiary/aromatic N) is 1. The number of ether oxygens (including phenoxy) is 3. The molecule has 0 atom stereocenters. The SMILES string of the molecule is CCOC(=O)COc1c(Br)cc(/C=C2\N=C(c3ccc(F)cc3)OC2=O)cc1Br. The van der Waals surface area contributed by atoms with Crippen molar-refractivity contribution in [2.45, 2.75) is 6.92 Å². The maximum atomic E-state index is 13.1. The van der Waals surface area contributed by atoms with Crippen LogP contribution in [0.15, 0.2) is 56.0 Å². The molecule has 0 saturated heterocycles. The van der Waals surface area contributed by atoms with Crippen LogP contribution in [-0.2, 0) is 19.1 Å². The minimum absolute atomic E-state index is 0.100. The van der Waals surface area contributed by atoms with Gasteiger partial charge in [-0.05, 0) is 86.8 Å². The van der Waals surface area contributed by atoms with E-state index in [2.05, 4.69) is 36.9 Å². The number of esters is 2. The average molecular weight is 527 g/mol. The van der Waals surface area contributed by atoms with Crippen molar-refractivity contribution in [2.75, 3.05) is 13.2 Å². The second kappa shape index (κ2) is 9.32. The van der Waals surface area contributed by atoms with Crippen LogP contribution in [0.5, 0.6) is 5.75 Å². The molecule has 3 rings (SSSR count). The third kappa shape index (κ3) is 5.30. The van der Waals surface area contributed by atoms with Gasteiger partial charge in [-0.3, -0.25) is 0 Å². The molecule has 0 N–H and O–H groups in total. The molecular formula is C20H14Br2FNO5. The summed E-state index contributed by atoms with van der Waals surface area (Å²) in [5, 5.41) is 0. The highest BCUT2D eigenvalue weighted by atomic mass is 79.9. The lowest BCUT2D eigenvalue weighted by atomic mass is 10.2. The summed E-state index contributed by atoms with van der Waals surface area (Å²) in [4.78, 5) is 27.8. The Labute approximate surface area is 182 Å². The average Bonchev–Trinajstić information content (AvgIpc) is 3.02. The molecule has 150 valence electrons. The first-order chi connectivity index (χ1) is 13.9. The third-order valence-corrected chi connectivity index (χ3v) is 4.85. The number of benzene rings is 2. The zero-order valence-corrected chi connectivity index (χ0v) is 18.3. The summed E-state index contributed by atoms with van der Waals surface area (Å²) in [5.74, 6) is -0.957. The Morgan fingerprint density at radius 1 is 1.21 bits per heavy atom. The molecule has 0 fully saturated rings. The molecule has 0 spiro atoms. The van der Waals surface area contributed by atoms with Gasteiger partial charge < -0.3 is 14.2 Å². The van der Waals surface area contributed by atoms with Gasteiger partial charge in [0.2, 0.25) is 5.90 Å². The molecule has 9 heteroatoms. The van der Waals surface area contributed by atoms with E-state index >= 15 is 0 Å². The molecule has 1 heterocycles. The van der Waals surface area contributed by atoms with Crippen LogP contribution in [0.1, 0.15) is 18.1 Å². The fourth-order valence-corrected chi connectivity index (χ4v) is 3.87. The van der Waals surface area contributed by atoms with Crippen LogP contribution in [0, 0.1) is 5.82 Å². The van der Waals surface area contributed by atoms with Gasteiger partial charge in [-0.25, -0.2) is 19.0 Å². The van der Waals surface area contributed by atoms with Gasteiger partial charge in [0, 0.05) is 5.56 Å².